The van der Waals surface area contributed by atoms with Crippen molar-refractivity contribution in [3.8, 4) is 0 Å². The van der Waals surface area contributed by atoms with E-state index in [1.54, 1.807) is 26.8 Å². The van der Waals surface area contributed by atoms with Gasteiger partial charge in [-0.25, -0.2) is 13.1 Å². The Kier molecular flexibility index (Phi) is 7.60. The molecule has 0 amide bonds. The highest BCUT2D eigenvalue weighted by atomic mass is 79.9. The summed E-state index contributed by atoms with van der Waals surface area (Å²) in [5.74, 6) is 0. The Hall–Kier alpha value is 0.130. The smallest absolute Gasteiger partial charge is 0.212 e. The van der Waals surface area contributed by atoms with Gasteiger partial charge < -0.3 is 0 Å². The molecule has 5 heteroatoms. The summed E-state index contributed by atoms with van der Waals surface area (Å²) in [6.45, 7) is 8.80. The quantitative estimate of drug-likeness (QED) is 0.423. The molecule has 0 unspecified atom stereocenters. The van der Waals surface area contributed by atoms with E-state index in [0.29, 0.717) is 6.42 Å². The molecule has 0 aromatic heterocycles. The van der Waals surface area contributed by atoms with Crippen molar-refractivity contribution in [1.29, 1.82) is 0 Å². The summed E-state index contributed by atoms with van der Waals surface area (Å²) in [4.78, 5) is 0. The fraction of sp³-hybridized carbons (Fsp3) is 0.833. The first-order valence-corrected chi connectivity index (χ1v) is 8.54. The van der Waals surface area contributed by atoms with Crippen LogP contribution in [0.3, 0.4) is 0 Å². The molecule has 0 spiro atoms. The molecule has 1 atom stereocenters. The van der Waals surface area contributed by atoms with Crippen LogP contribution in [0.5, 0.6) is 0 Å². The first-order valence-electron chi connectivity index (χ1n) is 5.93. The molecule has 1 N–H and O–H groups in total. The van der Waals surface area contributed by atoms with Gasteiger partial charge in [0.15, 0.2) is 0 Å². The van der Waals surface area contributed by atoms with Crippen molar-refractivity contribution < 1.29 is 8.42 Å². The van der Waals surface area contributed by atoms with Gasteiger partial charge in [-0.1, -0.05) is 28.4 Å². The zero-order valence-corrected chi connectivity index (χ0v) is 13.4. The number of sulfonamides is 1. The van der Waals surface area contributed by atoms with Crippen molar-refractivity contribution in [2.24, 2.45) is 0 Å². The lowest BCUT2D eigenvalue weighted by Crippen LogP contribution is -2.44. The minimum Gasteiger partial charge on any atom is -0.212 e. The van der Waals surface area contributed by atoms with Crippen LogP contribution in [0.4, 0.5) is 0 Å². The summed E-state index contributed by atoms with van der Waals surface area (Å²) < 4.78 is 26.0. The summed E-state index contributed by atoms with van der Waals surface area (Å²) in [6.07, 6.45) is 5.37. The molecular weight excluding hydrogens is 302 g/mol. The van der Waals surface area contributed by atoms with Crippen molar-refractivity contribution in [3.63, 3.8) is 0 Å². The van der Waals surface area contributed by atoms with E-state index in [1.807, 2.05) is 0 Å². The van der Waals surface area contributed by atoms with E-state index in [4.69, 9.17) is 0 Å². The highest BCUT2D eigenvalue weighted by Gasteiger charge is 2.30. The number of hydrogen-bond acceptors (Lipinski definition) is 2. The van der Waals surface area contributed by atoms with Crippen LogP contribution in [0.15, 0.2) is 12.7 Å². The largest absolute Gasteiger partial charge is 0.216 e. The Balaban J connectivity index is 4.48. The number of alkyl halides is 1. The molecular formula is C12H24BrNO2S. The Labute approximate surface area is 114 Å². The maximum Gasteiger partial charge on any atom is 0.216 e. The van der Waals surface area contributed by atoms with E-state index in [0.717, 1.165) is 24.6 Å². The van der Waals surface area contributed by atoms with E-state index in [1.165, 1.54) is 0 Å². The lowest BCUT2D eigenvalue weighted by Gasteiger charge is -2.24. The molecule has 0 radical (unpaired) electrons. The van der Waals surface area contributed by atoms with E-state index < -0.39 is 14.8 Å². The van der Waals surface area contributed by atoms with Gasteiger partial charge in [-0.15, -0.1) is 6.58 Å². The van der Waals surface area contributed by atoms with Crippen LogP contribution in [0, 0.1) is 0 Å². The fourth-order valence-corrected chi connectivity index (χ4v) is 2.71. The standard InChI is InChI=1S/C12H24BrNO2S/c1-5-8-11(9-6-7-10-13)14-17(15,16)12(2,3)4/h5,11,14H,1,6-10H2,2-4H3/t11-/m0/s1. The maximum absolute atomic E-state index is 12.0. The van der Waals surface area contributed by atoms with Gasteiger partial charge in [0.25, 0.3) is 0 Å². The average molecular weight is 326 g/mol. The highest BCUT2D eigenvalue weighted by Crippen LogP contribution is 2.16. The monoisotopic (exact) mass is 325 g/mol. The van der Waals surface area contributed by atoms with Crippen LogP contribution in [-0.4, -0.2) is 24.5 Å². The van der Waals surface area contributed by atoms with Gasteiger partial charge in [0, 0.05) is 11.4 Å². The van der Waals surface area contributed by atoms with E-state index in [2.05, 4.69) is 27.2 Å². The SMILES string of the molecule is C=CC[C@@H](CCCCBr)NS(=O)(=O)C(C)(C)C. The topological polar surface area (TPSA) is 46.2 Å². The molecule has 0 fully saturated rings. The van der Waals surface area contributed by atoms with Crippen LogP contribution >= 0.6 is 15.9 Å². The molecule has 3 nitrogen and oxygen atoms in total. The van der Waals surface area contributed by atoms with Gasteiger partial charge in [-0.2, -0.15) is 0 Å². The van der Waals surface area contributed by atoms with Crippen LogP contribution in [-0.2, 0) is 10.0 Å². The first kappa shape index (κ1) is 17.1. The first-order chi connectivity index (χ1) is 7.74. The van der Waals surface area contributed by atoms with E-state index >= 15 is 0 Å². The van der Waals surface area contributed by atoms with Gasteiger partial charge >= 0.3 is 0 Å². The number of rotatable bonds is 8. The summed E-state index contributed by atoms with van der Waals surface area (Å²) in [6, 6.07) is -0.0317. The van der Waals surface area contributed by atoms with E-state index in [-0.39, 0.29) is 6.04 Å². The van der Waals surface area contributed by atoms with Crippen LogP contribution in [0.2, 0.25) is 0 Å². The predicted molar refractivity (Wildman–Crippen MR) is 78.1 cm³/mol. The van der Waals surface area contributed by atoms with Gasteiger partial charge in [0.1, 0.15) is 0 Å². The van der Waals surface area contributed by atoms with Gasteiger partial charge in [0.2, 0.25) is 10.0 Å². The lowest BCUT2D eigenvalue weighted by molar-refractivity contribution is 0.495. The second kappa shape index (κ2) is 7.54. The molecule has 0 heterocycles. The minimum absolute atomic E-state index is 0.0317. The zero-order valence-electron chi connectivity index (χ0n) is 11.0. The lowest BCUT2D eigenvalue weighted by atomic mass is 10.1. The summed E-state index contributed by atoms with van der Waals surface area (Å²) >= 11 is 3.37. The van der Waals surface area contributed by atoms with Crippen molar-refractivity contribution in [1.82, 2.24) is 4.72 Å². The molecule has 0 aliphatic heterocycles. The Morgan fingerprint density at radius 1 is 1.35 bits per heavy atom. The van der Waals surface area contributed by atoms with Crippen molar-refractivity contribution in [3.05, 3.63) is 12.7 Å². The normalized spacial score (nSPS) is 14.6. The third-order valence-corrected chi connectivity index (χ3v) is 5.33. The average Bonchev–Trinajstić information content (AvgIpc) is 2.16. The molecule has 0 saturated heterocycles. The number of halogens is 1. The predicted octanol–water partition coefficient (Wildman–Crippen LogP) is 3.21. The van der Waals surface area contributed by atoms with Crippen LogP contribution in [0.1, 0.15) is 46.5 Å². The molecule has 0 aliphatic rings. The fourth-order valence-electron chi connectivity index (χ4n) is 1.31. The molecule has 17 heavy (non-hydrogen) atoms. The number of unbranched alkanes of at least 4 members (excludes halogenated alkanes) is 1. The Morgan fingerprint density at radius 2 is 1.94 bits per heavy atom. The second-order valence-corrected chi connectivity index (χ2v) is 8.40. The summed E-state index contributed by atoms with van der Waals surface area (Å²) in [5.41, 5.74) is 0. The van der Waals surface area contributed by atoms with Gasteiger partial charge in [0.05, 0.1) is 4.75 Å². The Bertz CT molecular complexity index is 320. The molecule has 0 aromatic rings. The third kappa shape index (κ3) is 6.58. The molecule has 0 bridgehead atoms. The van der Waals surface area contributed by atoms with Crippen LogP contribution < -0.4 is 4.72 Å². The van der Waals surface area contributed by atoms with Crippen molar-refractivity contribution in [2.75, 3.05) is 5.33 Å². The van der Waals surface area contributed by atoms with Gasteiger partial charge in [-0.05, 0) is 40.0 Å². The molecule has 0 aromatic carbocycles. The van der Waals surface area contributed by atoms with Crippen molar-refractivity contribution in [2.45, 2.75) is 57.2 Å². The van der Waals surface area contributed by atoms with Crippen LogP contribution in [0.25, 0.3) is 0 Å². The maximum atomic E-state index is 12.0. The number of hydrogen-bond donors (Lipinski definition) is 1. The zero-order chi connectivity index (χ0) is 13.5. The molecule has 0 rings (SSSR count). The number of nitrogens with one attached hydrogen (secondary N) is 1. The third-order valence-electron chi connectivity index (χ3n) is 2.52. The second-order valence-electron chi connectivity index (χ2n) is 5.14. The Morgan fingerprint density at radius 3 is 2.35 bits per heavy atom. The molecule has 102 valence electrons. The molecule has 0 saturated carbocycles. The van der Waals surface area contributed by atoms with Crippen molar-refractivity contribution >= 4 is 26.0 Å². The minimum atomic E-state index is -3.27. The molecule has 0 aliphatic carbocycles. The van der Waals surface area contributed by atoms with E-state index in [9.17, 15) is 8.42 Å². The van der Waals surface area contributed by atoms with Gasteiger partial charge in [-0.3, -0.25) is 0 Å². The summed E-state index contributed by atoms with van der Waals surface area (Å²) in [5, 5.41) is 0.958. The highest BCUT2D eigenvalue weighted by molar-refractivity contribution is 9.09. The summed E-state index contributed by atoms with van der Waals surface area (Å²) in [7, 11) is -3.27.